The summed E-state index contributed by atoms with van der Waals surface area (Å²) in [5, 5.41) is 0. The topological polar surface area (TPSA) is 12.5 Å². The number of fused-ring (bicyclic) bond motifs is 5. The van der Waals surface area contributed by atoms with E-state index in [9.17, 15) is 0 Å². The fourth-order valence-electron chi connectivity index (χ4n) is 9.48. The van der Waals surface area contributed by atoms with Gasteiger partial charge in [-0.1, -0.05) is 147 Å². The van der Waals surface area contributed by atoms with E-state index >= 15 is 0 Å². The maximum atomic E-state index is 5.82. The molecule has 0 spiro atoms. The van der Waals surface area contributed by atoms with Crippen LogP contribution in [-0.4, -0.2) is 19.3 Å². The Hall–Kier alpha value is -4.40. The second-order valence-corrected chi connectivity index (χ2v) is 15.8. The van der Waals surface area contributed by atoms with Gasteiger partial charge in [-0.05, 0) is 121 Å². The minimum Gasteiger partial charge on any atom is -0.381 e. The van der Waals surface area contributed by atoms with Crippen LogP contribution in [0.2, 0.25) is 0 Å². The first kappa shape index (κ1) is 35.6. The number of anilines is 2. The van der Waals surface area contributed by atoms with Gasteiger partial charge in [0.25, 0.3) is 0 Å². The third-order valence-corrected chi connectivity index (χ3v) is 12.4. The Kier molecular flexibility index (Phi) is 11.2. The van der Waals surface area contributed by atoms with Crippen molar-refractivity contribution in [2.24, 2.45) is 0 Å². The van der Waals surface area contributed by atoms with Crippen LogP contribution in [0.25, 0.3) is 11.1 Å². The van der Waals surface area contributed by atoms with E-state index < -0.39 is 0 Å². The zero-order valence-electron chi connectivity index (χ0n) is 31.9. The fraction of sp³-hybridized carbons (Fsp3) is 0.373. The molecule has 8 rings (SSSR count). The number of allylic oxidation sites excluding steroid dienone is 11. The lowest BCUT2D eigenvalue weighted by Crippen LogP contribution is -2.28. The van der Waals surface area contributed by atoms with Gasteiger partial charge in [-0.15, -0.1) is 0 Å². The van der Waals surface area contributed by atoms with Gasteiger partial charge in [0.05, 0.1) is 6.04 Å². The molecule has 3 aromatic carbocycles. The molecule has 53 heavy (non-hydrogen) atoms. The van der Waals surface area contributed by atoms with Crippen LogP contribution in [0.5, 0.6) is 0 Å². The molecule has 0 bridgehead atoms. The summed E-state index contributed by atoms with van der Waals surface area (Å²) in [5.74, 6) is 0.774. The molecule has 3 aromatic rings. The van der Waals surface area contributed by atoms with Gasteiger partial charge >= 0.3 is 0 Å². The van der Waals surface area contributed by atoms with Crippen LogP contribution in [-0.2, 0) is 4.74 Å². The van der Waals surface area contributed by atoms with E-state index in [1.807, 2.05) is 0 Å². The SMILES string of the molecule is C=C(C1=CC=C(c2ccc(N3c4ccccc4[C@@H]4C=CC=CC43)cc2)CC1)C1CC2=C(C=C(CCCCCCOCCCCC)CC2)c2ccccc21. The molecule has 4 aliphatic carbocycles. The van der Waals surface area contributed by atoms with Gasteiger partial charge in [0, 0.05) is 36.4 Å². The molecule has 0 saturated heterocycles. The summed E-state index contributed by atoms with van der Waals surface area (Å²) in [6.07, 6.45) is 32.1. The Morgan fingerprint density at radius 1 is 0.755 bits per heavy atom. The summed E-state index contributed by atoms with van der Waals surface area (Å²) in [4.78, 5) is 2.52. The second-order valence-electron chi connectivity index (χ2n) is 15.8. The van der Waals surface area contributed by atoms with E-state index in [-0.39, 0.29) is 0 Å². The van der Waals surface area contributed by atoms with E-state index in [0.29, 0.717) is 17.9 Å². The van der Waals surface area contributed by atoms with Crippen LogP contribution in [0.3, 0.4) is 0 Å². The molecule has 0 amide bonds. The molecule has 0 fully saturated rings. The number of hydrogen-bond acceptors (Lipinski definition) is 2. The third kappa shape index (κ3) is 7.67. The van der Waals surface area contributed by atoms with Gasteiger partial charge in [-0.25, -0.2) is 0 Å². The molecule has 5 aliphatic rings. The maximum Gasteiger partial charge on any atom is 0.0629 e. The highest BCUT2D eigenvalue weighted by molar-refractivity contribution is 5.83. The van der Waals surface area contributed by atoms with Crippen molar-refractivity contribution >= 4 is 22.5 Å². The predicted octanol–water partition coefficient (Wildman–Crippen LogP) is 13.9. The molecular weight excluding hydrogens is 643 g/mol. The minimum absolute atomic E-state index is 0.336. The highest BCUT2D eigenvalue weighted by Crippen LogP contribution is 2.50. The van der Waals surface area contributed by atoms with Crippen LogP contribution in [0.15, 0.2) is 144 Å². The lowest BCUT2D eigenvalue weighted by Gasteiger charge is -2.34. The monoisotopic (exact) mass is 699 g/mol. The third-order valence-electron chi connectivity index (χ3n) is 12.4. The van der Waals surface area contributed by atoms with Gasteiger partial charge in [-0.3, -0.25) is 0 Å². The Labute approximate surface area is 319 Å². The Morgan fingerprint density at radius 3 is 2.36 bits per heavy atom. The van der Waals surface area contributed by atoms with Crippen molar-refractivity contribution in [3.8, 4) is 0 Å². The molecular formula is C51H57NO. The number of ether oxygens (including phenoxy) is 1. The van der Waals surface area contributed by atoms with Crippen LogP contribution >= 0.6 is 0 Å². The van der Waals surface area contributed by atoms with E-state index in [0.717, 1.165) is 32.5 Å². The zero-order valence-corrected chi connectivity index (χ0v) is 31.9. The quantitative estimate of drug-likeness (QED) is 0.146. The van der Waals surface area contributed by atoms with Crippen molar-refractivity contribution in [1.82, 2.24) is 0 Å². The average molecular weight is 700 g/mol. The molecule has 0 radical (unpaired) electrons. The van der Waals surface area contributed by atoms with Crippen molar-refractivity contribution in [2.75, 3.05) is 18.1 Å². The normalized spacial score (nSPS) is 21.3. The molecule has 0 saturated carbocycles. The van der Waals surface area contributed by atoms with Crippen molar-refractivity contribution in [3.05, 3.63) is 166 Å². The lowest BCUT2D eigenvalue weighted by atomic mass is 9.70. The van der Waals surface area contributed by atoms with Crippen molar-refractivity contribution < 1.29 is 4.74 Å². The highest BCUT2D eigenvalue weighted by atomic mass is 16.5. The summed E-state index contributed by atoms with van der Waals surface area (Å²) in [6.45, 7) is 8.90. The summed E-state index contributed by atoms with van der Waals surface area (Å²) in [5.41, 5.74) is 17.2. The smallest absolute Gasteiger partial charge is 0.0629 e. The van der Waals surface area contributed by atoms with Crippen LogP contribution < -0.4 is 4.90 Å². The first-order chi connectivity index (χ1) is 26.2. The van der Waals surface area contributed by atoms with E-state index in [1.165, 1.54) is 120 Å². The van der Waals surface area contributed by atoms with E-state index in [2.05, 4.69) is 127 Å². The average Bonchev–Trinajstić information content (AvgIpc) is 3.55. The number of rotatable bonds is 15. The first-order valence-electron chi connectivity index (χ1n) is 20.7. The van der Waals surface area contributed by atoms with Crippen molar-refractivity contribution in [1.29, 1.82) is 0 Å². The first-order valence-corrected chi connectivity index (χ1v) is 20.7. The number of hydrogen-bond donors (Lipinski definition) is 0. The van der Waals surface area contributed by atoms with Crippen LogP contribution in [0.4, 0.5) is 11.4 Å². The molecule has 0 aromatic heterocycles. The largest absolute Gasteiger partial charge is 0.381 e. The summed E-state index contributed by atoms with van der Waals surface area (Å²) in [6, 6.07) is 27.7. The van der Waals surface area contributed by atoms with E-state index in [4.69, 9.17) is 11.3 Å². The van der Waals surface area contributed by atoms with Crippen molar-refractivity contribution in [3.63, 3.8) is 0 Å². The van der Waals surface area contributed by atoms with Crippen molar-refractivity contribution in [2.45, 2.75) is 108 Å². The molecule has 2 nitrogen and oxygen atoms in total. The second kappa shape index (κ2) is 16.7. The number of benzene rings is 3. The molecule has 3 atom stereocenters. The van der Waals surface area contributed by atoms with Gasteiger partial charge in [0.15, 0.2) is 0 Å². The minimum atomic E-state index is 0.336. The van der Waals surface area contributed by atoms with Gasteiger partial charge in [0.1, 0.15) is 0 Å². The summed E-state index contributed by atoms with van der Waals surface area (Å²) >= 11 is 0. The maximum absolute atomic E-state index is 5.82. The highest BCUT2D eigenvalue weighted by Gasteiger charge is 2.37. The Morgan fingerprint density at radius 2 is 1.53 bits per heavy atom. The fourth-order valence-corrected chi connectivity index (χ4v) is 9.48. The molecule has 1 heterocycles. The molecule has 2 unspecified atom stereocenters. The summed E-state index contributed by atoms with van der Waals surface area (Å²) < 4.78 is 5.82. The van der Waals surface area contributed by atoms with Crippen LogP contribution in [0.1, 0.15) is 124 Å². The van der Waals surface area contributed by atoms with E-state index in [1.54, 1.807) is 11.1 Å². The standard InChI is InChI=1S/C51H57NO/c1-3-4-14-33-53-34-15-6-5-7-16-38-23-24-42-36-48(44-17-8-9-18-45(44)49(42)35-38)37(2)39-25-27-40(28-26-39)41-29-31-43(32-30-41)52-50-21-12-10-19-46(50)47-20-11-13-22-51(47)52/h8-13,17-22,25,27,29-32,35,46,48,50H,2-7,14-16,23-24,26,28,33-34,36H2,1H3/t46-,48?,50?/m0/s1. The zero-order chi connectivity index (χ0) is 36.0. The lowest BCUT2D eigenvalue weighted by molar-refractivity contribution is 0.126. The van der Waals surface area contributed by atoms with Gasteiger partial charge < -0.3 is 9.64 Å². The van der Waals surface area contributed by atoms with Crippen LogP contribution in [0, 0.1) is 0 Å². The Bertz CT molecular complexity index is 1980. The molecule has 2 heteroatoms. The summed E-state index contributed by atoms with van der Waals surface area (Å²) in [7, 11) is 0. The molecule has 0 N–H and O–H groups in total. The number of nitrogens with zero attached hydrogens (tertiary/aromatic N) is 1. The number of unbranched alkanes of at least 4 members (excludes halogenated alkanes) is 5. The molecule has 1 aliphatic heterocycles. The Balaban J connectivity index is 0.903. The predicted molar refractivity (Wildman–Crippen MR) is 226 cm³/mol. The van der Waals surface area contributed by atoms with Gasteiger partial charge in [0.2, 0.25) is 0 Å². The number of para-hydroxylation sites is 1. The van der Waals surface area contributed by atoms with Gasteiger partial charge in [-0.2, -0.15) is 0 Å². The molecule has 272 valence electrons.